The molecule has 2 heteroatoms. The summed E-state index contributed by atoms with van der Waals surface area (Å²) in [7, 11) is 0. The van der Waals surface area contributed by atoms with Gasteiger partial charge in [0.05, 0.1) is 0 Å². The van der Waals surface area contributed by atoms with Crippen LogP contribution >= 0.6 is 0 Å². The molecular formula is C10H20N2. The van der Waals surface area contributed by atoms with Crippen molar-refractivity contribution < 1.29 is 0 Å². The Kier molecular flexibility index (Phi) is 2.66. The molecule has 0 unspecified atom stereocenters. The third-order valence-electron chi connectivity index (χ3n) is 3.24. The van der Waals surface area contributed by atoms with E-state index in [-0.39, 0.29) is 0 Å². The maximum absolute atomic E-state index is 2.58. The third kappa shape index (κ3) is 1.80. The number of hydrazine groups is 1. The van der Waals surface area contributed by atoms with Gasteiger partial charge in [0.15, 0.2) is 0 Å². The first kappa shape index (κ1) is 8.52. The van der Waals surface area contributed by atoms with Crippen molar-refractivity contribution in [1.29, 1.82) is 0 Å². The summed E-state index contributed by atoms with van der Waals surface area (Å²) in [6.45, 7) is 7.62. The van der Waals surface area contributed by atoms with E-state index in [9.17, 15) is 0 Å². The molecule has 2 fully saturated rings. The van der Waals surface area contributed by atoms with E-state index >= 15 is 0 Å². The van der Waals surface area contributed by atoms with Crippen molar-refractivity contribution in [2.75, 3.05) is 26.2 Å². The van der Waals surface area contributed by atoms with Crippen LogP contribution in [0.4, 0.5) is 0 Å². The summed E-state index contributed by atoms with van der Waals surface area (Å²) in [6.07, 6.45) is 5.62. The molecular weight excluding hydrogens is 148 g/mol. The molecule has 0 N–H and O–H groups in total. The smallest absolute Gasteiger partial charge is 0.0135 e. The van der Waals surface area contributed by atoms with Crippen LogP contribution in [0.2, 0.25) is 0 Å². The zero-order valence-electron chi connectivity index (χ0n) is 8.13. The summed E-state index contributed by atoms with van der Waals surface area (Å²) in [4.78, 5) is 0. The molecule has 0 bridgehead atoms. The lowest BCUT2D eigenvalue weighted by atomic mass is 10.0. The van der Waals surface area contributed by atoms with Crippen LogP contribution < -0.4 is 0 Å². The molecule has 0 atom stereocenters. The van der Waals surface area contributed by atoms with Crippen LogP contribution in [0.5, 0.6) is 0 Å². The van der Waals surface area contributed by atoms with E-state index < -0.39 is 0 Å². The van der Waals surface area contributed by atoms with Gasteiger partial charge >= 0.3 is 0 Å². The zero-order valence-corrected chi connectivity index (χ0v) is 8.13. The van der Waals surface area contributed by atoms with Gasteiger partial charge in [0.2, 0.25) is 0 Å². The summed E-state index contributed by atoms with van der Waals surface area (Å²) in [5.41, 5.74) is 0. The maximum atomic E-state index is 2.58. The number of nitrogens with zero attached hydrogens (tertiary/aromatic N) is 2. The average molecular weight is 168 g/mol. The monoisotopic (exact) mass is 168 g/mol. The summed E-state index contributed by atoms with van der Waals surface area (Å²) < 4.78 is 0. The van der Waals surface area contributed by atoms with Crippen molar-refractivity contribution in [1.82, 2.24) is 10.0 Å². The molecule has 2 aliphatic rings. The second-order valence-corrected chi connectivity index (χ2v) is 4.30. The quantitative estimate of drug-likeness (QED) is 0.588. The van der Waals surface area contributed by atoms with Crippen LogP contribution in [0.15, 0.2) is 0 Å². The van der Waals surface area contributed by atoms with E-state index in [0.29, 0.717) is 0 Å². The van der Waals surface area contributed by atoms with Gasteiger partial charge in [0, 0.05) is 26.2 Å². The van der Waals surface area contributed by atoms with Crippen molar-refractivity contribution in [2.24, 2.45) is 5.92 Å². The Balaban J connectivity index is 1.80. The van der Waals surface area contributed by atoms with E-state index in [1.54, 1.807) is 0 Å². The van der Waals surface area contributed by atoms with Crippen LogP contribution in [0.1, 0.15) is 32.6 Å². The van der Waals surface area contributed by atoms with Crippen LogP contribution in [0, 0.1) is 5.92 Å². The van der Waals surface area contributed by atoms with Crippen molar-refractivity contribution in [3.05, 3.63) is 0 Å². The van der Waals surface area contributed by atoms with Gasteiger partial charge in [-0.1, -0.05) is 6.92 Å². The van der Waals surface area contributed by atoms with E-state index in [2.05, 4.69) is 16.9 Å². The van der Waals surface area contributed by atoms with Gasteiger partial charge in [-0.2, -0.15) is 0 Å². The Morgan fingerprint density at radius 3 is 1.92 bits per heavy atom. The number of piperidine rings is 1. The predicted molar refractivity (Wildman–Crippen MR) is 50.8 cm³/mol. The predicted octanol–water partition coefficient (Wildman–Crippen LogP) is 1.73. The fraction of sp³-hybridized carbons (Fsp3) is 1.00. The molecule has 0 amide bonds. The first-order valence-electron chi connectivity index (χ1n) is 5.36. The summed E-state index contributed by atoms with van der Waals surface area (Å²) in [5, 5.41) is 5.14. The molecule has 2 saturated heterocycles. The van der Waals surface area contributed by atoms with Gasteiger partial charge in [-0.25, -0.2) is 10.0 Å². The molecule has 0 aromatic rings. The van der Waals surface area contributed by atoms with Gasteiger partial charge in [0.25, 0.3) is 0 Å². The minimum Gasteiger partial charge on any atom is -0.242 e. The molecule has 0 aliphatic carbocycles. The van der Waals surface area contributed by atoms with Crippen LogP contribution in [0.25, 0.3) is 0 Å². The van der Waals surface area contributed by atoms with Crippen molar-refractivity contribution in [3.8, 4) is 0 Å². The molecule has 0 radical (unpaired) electrons. The molecule has 2 aliphatic heterocycles. The van der Waals surface area contributed by atoms with Crippen LogP contribution in [-0.2, 0) is 0 Å². The molecule has 2 nitrogen and oxygen atoms in total. The SMILES string of the molecule is CC1CCN(N2CCCC2)CC1. The zero-order chi connectivity index (χ0) is 8.39. The van der Waals surface area contributed by atoms with Gasteiger partial charge in [0.1, 0.15) is 0 Å². The minimum absolute atomic E-state index is 0.962. The second-order valence-electron chi connectivity index (χ2n) is 4.30. The lowest BCUT2D eigenvalue weighted by Gasteiger charge is -2.36. The van der Waals surface area contributed by atoms with Gasteiger partial charge in [-0.15, -0.1) is 0 Å². The molecule has 2 heterocycles. The fourth-order valence-electron chi connectivity index (χ4n) is 2.26. The highest BCUT2D eigenvalue weighted by atomic mass is 15.6. The van der Waals surface area contributed by atoms with E-state index in [0.717, 1.165) is 5.92 Å². The highest BCUT2D eigenvalue weighted by Gasteiger charge is 2.23. The second kappa shape index (κ2) is 3.75. The molecule has 0 saturated carbocycles. The third-order valence-corrected chi connectivity index (χ3v) is 3.24. The van der Waals surface area contributed by atoms with E-state index in [4.69, 9.17) is 0 Å². The largest absolute Gasteiger partial charge is 0.242 e. The lowest BCUT2D eigenvalue weighted by molar-refractivity contribution is -0.0285. The van der Waals surface area contributed by atoms with E-state index in [1.165, 1.54) is 51.9 Å². The standard InChI is InChI=1S/C10H20N2/c1-10-4-8-12(9-5-10)11-6-2-3-7-11/h10H,2-9H2,1H3. The average Bonchev–Trinajstić information content (AvgIpc) is 2.58. The van der Waals surface area contributed by atoms with Crippen LogP contribution in [-0.4, -0.2) is 36.2 Å². The van der Waals surface area contributed by atoms with Crippen molar-refractivity contribution >= 4 is 0 Å². The topological polar surface area (TPSA) is 6.48 Å². The maximum Gasteiger partial charge on any atom is 0.0135 e. The molecule has 70 valence electrons. The first-order valence-corrected chi connectivity index (χ1v) is 5.36. The number of hydrogen-bond donors (Lipinski definition) is 0. The Bertz CT molecular complexity index is 133. The molecule has 12 heavy (non-hydrogen) atoms. The molecule has 0 spiro atoms. The summed E-state index contributed by atoms with van der Waals surface area (Å²) in [6, 6.07) is 0. The van der Waals surface area contributed by atoms with E-state index in [1.807, 2.05) is 0 Å². The Morgan fingerprint density at radius 2 is 1.33 bits per heavy atom. The molecule has 0 aromatic heterocycles. The Hall–Kier alpha value is -0.0800. The lowest BCUT2D eigenvalue weighted by Crippen LogP contribution is -2.45. The fourth-order valence-corrected chi connectivity index (χ4v) is 2.26. The van der Waals surface area contributed by atoms with Crippen molar-refractivity contribution in [2.45, 2.75) is 32.6 Å². The number of rotatable bonds is 1. The number of hydrogen-bond acceptors (Lipinski definition) is 2. The molecule has 2 rings (SSSR count). The Labute approximate surface area is 75.5 Å². The molecule has 0 aromatic carbocycles. The van der Waals surface area contributed by atoms with Crippen molar-refractivity contribution in [3.63, 3.8) is 0 Å². The summed E-state index contributed by atoms with van der Waals surface area (Å²) in [5.74, 6) is 0.962. The van der Waals surface area contributed by atoms with Crippen LogP contribution in [0.3, 0.4) is 0 Å². The normalized spacial score (nSPS) is 29.8. The Morgan fingerprint density at radius 1 is 0.833 bits per heavy atom. The van der Waals surface area contributed by atoms with Gasteiger partial charge < -0.3 is 0 Å². The van der Waals surface area contributed by atoms with Gasteiger partial charge in [-0.05, 0) is 31.6 Å². The summed E-state index contributed by atoms with van der Waals surface area (Å²) >= 11 is 0. The minimum atomic E-state index is 0.962. The highest BCUT2D eigenvalue weighted by Crippen LogP contribution is 2.20. The van der Waals surface area contributed by atoms with Gasteiger partial charge in [-0.3, -0.25) is 0 Å². The highest BCUT2D eigenvalue weighted by molar-refractivity contribution is 4.71. The first-order chi connectivity index (χ1) is 5.86.